The molecular formula is C13H24N2+2. The van der Waals surface area contributed by atoms with Crippen LogP contribution in [0.5, 0.6) is 0 Å². The van der Waals surface area contributed by atoms with Crippen LogP contribution in [-0.4, -0.2) is 32.2 Å². The maximum Gasteiger partial charge on any atom is 0.169 e. The molecular weight excluding hydrogens is 184 g/mol. The Kier molecular flexibility index (Phi) is 4.28. The summed E-state index contributed by atoms with van der Waals surface area (Å²) in [5.41, 5.74) is 1.41. The number of aromatic nitrogens is 1. The van der Waals surface area contributed by atoms with Gasteiger partial charge in [-0.2, -0.15) is 0 Å². The van der Waals surface area contributed by atoms with Crippen molar-refractivity contribution in [2.75, 3.05) is 27.7 Å². The third kappa shape index (κ3) is 4.93. The van der Waals surface area contributed by atoms with E-state index < -0.39 is 0 Å². The minimum atomic E-state index is 1.05. The molecule has 0 atom stereocenters. The van der Waals surface area contributed by atoms with E-state index in [1.54, 1.807) is 0 Å². The summed E-state index contributed by atoms with van der Waals surface area (Å²) in [6.45, 7) is 4.54. The zero-order chi connectivity index (χ0) is 11.3. The van der Waals surface area contributed by atoms with Crippen LogP contribution >= 0.6 is 0 Å². The first-order valence-electron chi connectivity index (χ1n) is 5.80. The summed E-state index contributed by atoms with van der Waals surface area (Å²) < 4.78 is 3.32. The van der Waals surface area contributed by atoms with E-state index in [-0.39, 0.29) is 0 Å². The quantitative estimate of drug-likeness (QED) is 0.511. The maximum absolute atomic E-state index is 2.27. The van der Waals surface area contributed by atoms with Gasteiger partial charge in [0.05, 0.1) is 34.1 Å². The lowest BCUT2D eigenvalue weighted by atomic mass is 10.2. The molecule has 0 fully saturated rings. The van der Waals surface area contributed by atoms with Crippen molar-refractivity contribution in [1.82, 2.24) is 0 Å². The Morgan fingerprint density at radius 3 is 2.20 bits per heavy atom. The van der Waals surface area contributed by atoms with Gasteiger partial charge in [-0.05, 0) is 12.0 Å². The zero-order valence-electron chi connectivity index (χ0n) is 10.5. The van der Waals surface area contributed by atoms with Crippen molar-refractivity contribution < 1.29 is 9.05 Å². The van der Waals surface area contributed by atoms with Crippen molar-refractivity contribution in [3.63, 3.8) is 0 Å². The molecule has 1 aromatic heterocycles. The average Bonchev–Trinajstić information content (AvgIpc) is 2.17. The van der Waals surface area contributed by atoms with Crippen molar-refractivity contribution in [3.8, 4) is 0 Å². The number of hydrogen-bond acceptors (Lipinski definition) is 0. The first kappa shape index (κ1) is 12.2. The first-order valence-corrected chi connectivity index (χ1v) is 5.80. The molecule has 84 valence electrons. The van der Waals surface area contributed by atoms with Crippen LogP contribution in [0.15, 0.2) is 24.5 Å². The Labute approximate surface area is 93.8 Å². The van der Waals surface area contributed by atoms with E-state index in [4.69, 9.17) is 0 Å². The molecule has 0 bridgehead atoms. The van der Waals surface area contributed by atoms with Crippen LogP contribution in [0.1, 0.15) is 18.9 Å². The van der Waals surface area contributed by atoms with Gasteiger partial charge in [-0.1, -0.05) is 6.92 Å². The van der Waals surface area contributed by atoms with Gasteiger partial charge in [0.15, 0.2) is 18.9 Å². The van der Waals surface area contributed by atoms with E-state index >= 15 is 0 Å². The van der Waals surface area contributed by atoms with Crippen molar-refractivity contribution in [3.05, 3.63) is 30.1 Å². The fourth-order valence-corrected chi connectivity index (χ4v) is 1.60. The fourth-order valence-electron chi connectivity index (χ4n) is 1.60. The molecule has 1 rings (SSSR count). The average molecular weight is 208 g/mol. The summed E-state index contributed by atoms with van der Waals surface area (Å²) in [7, 11) is 6.72. The second-order valence-electron chi connectivity index (χ2n) is 5.17. The molecule has 0 aliphatic rings. The van der Waals surface area contributed by atoms with E-state index in [0.717, 1.165) is 17.4 Å². The van der Waals surface area contributed by atoms with Gasteiger partial charge >= 0.3 is 0 Å². The highest BCUT2D eigenvalue weighted by Gasteiger charge is 2.08. The molecule has 1 aromatic rings. The second-order valence-corrected chi connectivity index (χ2v) is 5.17. The Morgan fingerprint density at radius 2 is 1.73 bits per heavy atom. The highest BCUT2D eigenvalue weighted by atomic mass is 15.3. The minimum Gasteiger partial charge on any atom is -0.331 e. The van der Waals surface area contributed by atoms with Crippen LogP contribution in [0.25, 0.3) is 0 Å². The molecule has 0 aromatic carbocycles. The Bertz CT molecular complexity index is 282. The van der Waals surface area contributed by atoms with Gasteiger partial charge in [-0.3, -0.25) is 0 Å². The molecule has 15 heavy (non-hydrogen) atoms. The van der Waals surface area contributed by atoms with Crippen molar-refractivity contribution >= 4 is 0 Å². The maximum atomic E-state index is 2.27. The van der Waals surface area contributed by atoms with E-state index in [9.17, 15) is 0 Å². The molecule has 2 nitrogen and oxygen atoms in total. The third-order valence-corrected chi connectivity index (χ3v) is 2.61. The summed E-state index contributed by atoms with van der Waals surface area (Å²) in [6, 6.07) is 4.43. The van der Waals surface area contributed by atoms with Crippen LogP contribution in [0.4, 0.5) is 0 Å². The predicted molar refractivity (Wildman–Crippen MR) is 63.5 cm³/mol. The Morgan fingerprint density at radius 1 is 1.13 bits per heavy atom. The van der Waals surface area contributed by atoms with Gasteiger partial charge in [-0.25, -0.2) is 4.57 Å². The largest absolute Gasteiger partial charge is 0.331 e. The van der Waals surface area contributed by atoms with Crippen LogP contribution < -0.4 is 4.57 Å². The summed E-state index contributed by atoms with van der Waals surface area (Å²) >= 11 is 0. The van der Waals surface area contributed by atoms with Gasteiger partial charge in [0, 0.05) is 12.1 Å². The molecule has 0 N–H and O–H groups in total. The molecule has 0 aliphatic carbocycles. The normalized spacial score (nSPS) is 11.7. The molecule has 2 heteroatoms. The Balaban J connectivity index is 2.38. The molecule has 1 heterocycles. The van der Waals surface area contributed by atoms with Gasteiger partial charge in [-0.15, -0.1) is 0 Å². The summed E-state index contributed by atoms with van der Waals surface area (Å²) in [5, 5.41) is 0. The Hall–Kier alpha value is -0.890. The number of quaternary nitrogens is 1. The standard InChI is InChI=1S/C13H24N2/c1-5-13-7-10-14(11-8-13)9-6-12-15(2,3)4/h7-8,10-11H,5-6,9,12H2,1-4H3/q+2. The smallest absolute Gasteiger partial charge is 0.169 e. The fraction of sp³-hybridized carbons (Fsp3) is 0.615. The molecule has 0 spiro atoms. The number of hydrogen-bond donors (Lipinski definition) is 0. The number of rotatable bonds is 5. The van der Waals surface area contributed by atoms with E-state index in [1.165, 1.54) is 18.5 Å². The van der Waals surface area contributed by atoms with Crippen molar-refractivity contribution in [2.24, 2.45) is 0 Å². The lowest BCUT2D eigenvalue weighted by molar-refractivity contribution is -0.873. The number of aryl methyl sites for hydroxylation is 2. The van der Waals surface area contributed by atoms with Crippen LogP contribution in [-0.2, 0) is 13.0 Å². The van der Waals surface area contributed by atoms with Crippen molar-refractivity contribution in [1.29, 1.82) is 0 Å². The lowest BCUT2D eigenvalue weighted by Crippen LogP contribution is -2.39. The molecule has 0 aliphatic heterocycles. The highest BCUT2D eigenvalue weighted by molar-refractivity contribution is 5.06. The van der Waals surface area contributed by atoms with E-state index in [2.05, 4.69) is 57.2 Å². The van der Waals surface area contributed by atoms with Gasteiger partial charge < -0.3 is 4.48 Å². The van der Waals surface area contributed by atoms with Gasteiger partial charge in [0.25, 0.3) is 0 Å². The van der Waals surface area contributed by atoms with Crippen LogP contribution in [0, 0.1) is 0 Å². The van der Waals surface area contributed by atoms with Gasteiger partial charge in [0.2, 0.25) is 0 Å². The second kappa shape index (κ2) is 5.26. The molecule has 0 saturated carbocycles. The number of pyridine rings is 1. The first-order chi connectivity index (χ1) is 7.01. The topological polar surface area (TPSA) is 3.88 Å². The van der Waals surface area contributed by atoms with E-state index in [0.29, 0.717) is 0 Å². The van der Waals surface area contributed by atoms with Crippen LogP contribution in [0.2, 0.25) is 0 Å². The molecule has 0 amide bonds. The predicted octanol–water partition coefficient (Wildman–Crippen LogP) is 1.63. The third-order valence-electron chi connectivity index (χ3n) is 2.61. The van der Waals surface area contributed by atoms with Gasteiger partial charge in [0.1, 0.15) is 0 Å². The minimum absolute atomic E-state index is 1.05. The molecule has 0 radical (unpaired) electrons. The van der Waals surface area contributed by atoms with Crippen molar-refractivity contribution in [2.45, 2.75) is 26.3 Å². The molecule has 0 saturated heterocycles. The monoisotopic (exact) mass is 208 g/mol. The SMILES string of the molecule is CCc1cc[n+](CCC[N+](C)(C)C)cc1. The molecule has 0 unspecified atom stereocenters. The summed E-state index contributed by atoms with van der Waals surface area (Å²) in [5.74, 6) is 0. The summed E-state index contributed by atoms with van der Waals surface area (Å²) in [6.07, 6.45) is 6.74. The summed E-state index contributed by atoms with van der Waals surface area (Å²) in [4.78, 5) is 0. The van der Waals surface area contributed by atoms with E-state index in [1.807, 2.05) is 0 Å². The van der Waals surface area contributed by atoms with Crippen LogP contribution in [0.3, 0.4) is 0 Å². The number of nitrogens with zero attached hydrogens (tertiary/aromatic N) is 2. The zero-order valence-corrected chi connectivity index (χ0v) is 10.5. The lowest BCUT2D eigenvalue weighted by Gasteiger charge is -2.22. The highest BCUT2D eigenvalue weighted by Crippen LogP contribution is 1.96.